The van der Waals surface area contributed by atoms with Gasteiger partial charge in [0.05, 0.1) is 21.7 Å². The van der Waals surface area contributed by atoms with Crippen molar-refractivity contribution in [1.29, 1.82) is 0 Å². The first-order valence-corrected chi connectivity index (χ1v) is 17.9. The van der Waals surface area contributed by atoms with Gasteiger partial charge in [-0.1, -0.05) is 139 Å². The molecule has 7 aromatic carbocycles. The molecular weight excluding hydrogens is 582 g/mol. The van der Waals surface area contributed by atoms with Crippen LogP contribution < -0.4 is 20.7 Å². The van der Waals surface area contributed by atoms with Crippen LogP contribution in [-0.2, 0) is 0 Å². The fraction of sp³-hybridized carbons (Fsp3) is 0. The number of halogens is 1. The zero-order valence-corrected chi connectivity index (χ0v) is 26.1. The number of aromatic nitrogens is 1. The summed E-state index contributed by atoms with van der Waals surface area (Å²) < 4.78 is 2.30. The van der Waals surface area contributed by atoms with Crippen molar-refractivity contribution >= 4 is 62.2 Å². The average Bonchev–Trinajstić information content (AvgIpc) is 3.70. The van der Waals surface area contributed by atoms with E-state index < -0.39 is 8.07 Å². The lowest BCUT2D eigenvalue weighted by molar-refractivity contribution is 1.18. The number of nitrogens with zero attached hydrogens (tertiary/aromatic N) is 1. The van der Waals surface area contributed by atoms with E-state index in [1.807, 2.05) is 12.1 Å². The molecule has 0 fully saturated rings. The minimum Gasteiger partial charge on any atom is -0.308 e. The Bertz CT molecular complexity index is 2480. The molecule has 0 aliphatic carbocycles. The summed E-state index contributed by atoms with van der Waals surface area (Å²) in [4.78, 5) is 0. The second kappa shape index (κ2) is 9.18. The summed E-state index contributed by atoms with van der Waals surface area (Å²) in [6.07, 6.45) is 0. The van der Waals surface area contributed by atoms with Crippen molar-refractivity contribution in [3.63, 3.8) is 0 Å². The van der Waals surface area contributed by atoms with Gasteiger partial charge in [-0.15, -0.1) is 0 Å². The topological polar surface area (TPSA) is 4.93 Å². The maximum absolute atomic E-state index is 6.77. The van der Waals surface area contributed by atoms with Crippen molar-refractivity contribution in [2.75, 3.05) is 0 Å². The van der Waals surface area contributed by atoms with Gasteiger partial charge < -0.3 is 4.57 Å². The largest absolute Gasteiger partial charge is 0.308 e. The van der Waals surface area contributed by atoms with Crippen molar-refractivity contribution in [1.82, 2.24) is 4.57 Å². The SMILES string of the molecule is Clc1ccccc1-n1c2ccccc2c2cc(-c3cccc4c3-c3ccccc3[Si]43c4ccccc4-c4ccccc43)ccc21. The Labute approximate surface area is 267 Å². The fourth-order valence-electron chi connectivity index (χ4n) is 8.42. The minimum absolute atomic E-state index is 0.745. The molecule has 3 heteroatoms. The molecule has 3 heterocycles. The number of benzene rings is 7. The molecule has 0 amide bonds. The molecule has 45 heavy (non-hydrogen) atoms. The van der Waals surface area contributed by atoms with E-state index in [1.54, 1.807) is 0 Å². The Morgan fingerprint density at radius 3 is 1.73 bits per heavy atom. The summed E-state index contributed by atoms with van der Waals surface area (Å²) >= 11 is 6.77. The second-order valence-corrected chi connectivity index (χ2v) is 16.2. The molecular formula is C42H26ClNSi. The van der Waals surface area contributed by atoms with Crippen molar-refractivity contribution in [2.45, 2.75) is 0 Å². The van der Waals surface area contributed by atoms with Gasteiger partial charge in [0.25, 0.3) is 0 Å². The van der Waals surface area contributed by atoms with E-state index in [-0.39, 0.29) is 0 Å². The first kappa shape index (κ1) is 25.2. The smallest absolute Gasteiger partial charge is 0.182 e. The van der Waals surface area contributed by atoms with Crippen LogP contribution in [0.25, 0.3) is 60.9 Å². The zero-order chi connectivity index (χ0) is 29.7. The van der Waals surface area contributed by atoms with E-state index >= 15 is 0 Å². The number of rotatable bonds is 2. The summed E-state index contributed by atoms with van der Waals surface area (Å²) in [5, 5.41) is 9.22. The van der Waals surface area contributed by atoms with Crippen molar-refractivity contribution in [2.24, 2.45) is 0 Å². The Morgan fingerprint density at radius 2 is 0.978 bits per heavy atom. The third kappa shape index (κ3) is 3.18. The van der Waals surface area contributed by atoms with E-state index in [1.165, 1.54) is 64.9 Å². The van der Waals surface area contributed by atoms with Gasteiger partial charge in [-0.2, -0.15) is 0 Å². The van der Waals surface area contributed by atoms with Crippen molar-refractivity contribution in [3.05, 3.63) is 163 Å². The number of hydrogen-bond donors (Lipinski definition) is 0. The van der Waals surface area contributed by atoms with Gasteiger partial charge in [0.2, 0.25) is 0 Å². The molecule has 0 saturated carbocycles. The van der Waals surface area contributed by atoms with Crippen LogP contribution in [0.3, 0.4) is 0 Å². The Hall–Kier alpha value is -5.15. The highest BCUT2D eigenvalue weighted by atomic mass is 35.5. The molecule has 1 nitrogen and oxygen atoms in total. The standard InChI is InChI=1S/C42H26ClNSi/c43-34-17-5-7-19-37(34)44-35-18-6-1-12-29(35)33-26-27(24-25-36(33)44)28-16-11-23-41-42(28)32-15-4-10-22-40(32)45(41)38-20-8-2-13-30(38)31-14-3-9-21-39(31)45/h1-26H. The third-order valence-corrected chi connectivity index (χ3v) is 15.4. The number of hydrogen-bond acceptors (Lipinski definition) is 0. The average molecular weight is 608 g/mol. The van der Waals surface area contributed by atoms with Crippen LogP contribution in [0.2, 0.25) is 5.02 Å². The molecule has 2 aliphatic rings. The molecule has 0 atom stereocenters. The van der Waals surface area contributed by atoms with E-state index in [4.69, 9.17) is 11.6 Å². The lowest BCUT2D eigenvalue weighted by Crippen LogP contribution is -2.70. The van der Waals surface area contributed by atoms with Crippen LogP contribution in [0.1, 0.15) is 0 Å². The molecule has 0 N–H and O–H groups in total. The monoisotopic (exact) mass is 607 g/mol. The Morgan fingerprint density at radius 1 is 0.422 bits per heavy atom. The molecule has 1 aromatic heterocycles. The number of para-hydroxylation sites is 2. The maximum Gasteiger partial charge on any atom is 0.182 e. The normalized spacial score (nSPS) is 13.6. The second-order valence-electron chi connectivity index (χ2n) is 12.2. The van der Waals surface area contributed by atoms with Crippen molar-refractivity contribution in [3.8, 4) is 39.1 Å². The summed E-state index contributed by atoms with van der Waals surface area (Å²) in [6, 6.07) is 58.3. The molecule has 0 saturated heterocycles. The molecule has 10 rings (SSSR count). The van der Waals surface area contributed by atoms with E-state index in [0.29, 0.717) is 0 Å². The van der Waals surface area contributed by atoms with Gasteiger partial charge in [0.1, 0.15) is 0 Å². The van der Waals surface area contributed by atoms with Gasteiger partial charge >= 0.3 is 0 Å². The highest BCUT2D eigenvalue weighted by Gasteiger charge is 2.54. The highest BCUT2D eigenvalue weighted by Crippen LogP contribution is 2.42. The van der Waals surface area contributed by atoms with Crippen LogP contribution in [0, 0.1) is 0 Å². The van der Waals surface area contributed by atoms with Crippen LogP contribution in [0.4, 0.5) is 0 Å². The summed E-state index contributed by atoms with van der Waals surface area (Å²) in [5.74, 6) is 0. The lowest BCUT2D eigenvalue weighted by atomic mass is 9.94. The summed E-state index contributed by atoms with van der Waals surface area (Å²) in [5.41, 5.74) is 11.4. The minimum atomic E-state index is -2.48. The maximum atomic E-state index is 6.77. The van der Waals surface area contributed by atoms with Crippen molar-refractivity contribution < 1.29 is 0 Å². The third-order valence-electron chi connectivity index (χ3n) is 10.1. The molecule has 8 aromatic rings. The summed E-state index contributed by atoms with van der Waals surface area (Å²) in [6.45, 7) is 0. The highest BCUT2D eigenvalue weighted by molar-refractivity contribution is 7.24. The Balaban J connectivity index is 1.28. The lowest BCUT2D eigenvalue weighted by Gasteiger charge is -2.27. The van der Waals surface area contributed by atoms with Gasteiger partial charge in [-0.05, 0) is 84.5 Å². The van der Waals surface area contributed by atoms with Crippen LogP contribution in [0.5, 0.6) is 0 Å². The first-order valence-electron chi connectivity index (χ1n) is 15.5. The predicted octanol–water partition coefficient (Wildman–Crippen LogP) is 8.44. The Kier molecular flexibility index (Phi) is 5.14. The fourth-order valence-corrected chi connectivity index (χ4v) is 14.3. The zero-order valence-electron chi connectivity index (χ0n) is 24.3. The quantitative estimate of drug-likeness (QED) is 0.174. The van der Waals surface area contributed by atoms with Crippen LogP contribution in [-0.4, -0.2) is 12.6 Å². The van der Waals surface area contributed by atoms with Gasteiger partial charge in [0.15, 0.2) is 8.07 Å². The van der Waals surface area contributed by atoms with Gasteiger partial charge in [0, 0.05) is 10.8 Å². The van der Waals surface area contributed by atoms with E-state index in [2.05, 4.69) is 150 Å². The van der Waals surface area contributed by atoms with E-state index in [9.17, 15) is 0 Å². The predicted molar refractivity (Wildman–Crippen MR) is 193 cm³/mol. The van der Waals surface area contributed by atoms with Crippen LogP contribution in [0.15, 0.2) is 158 Å². The van der Waals surface area contributed by atoms with Gasteiger partial charge in [-0.3, -0.25) is 0 Å². The molecule has 210 valence electrons. The molecule has 0 radical (unpaired) electrons. The molecule has 0 bridgehead atoms. The summed E-state index contributed by atoms with van der Waals surface area (Å²) in [7, 11) is -2.48. The van der Waals surface area contributed by atoms with Gasteiger partial charge in [-0.25, -0.2) is 0 Å². The molecule has 0 unspecified atom stereocenters. The first-order chi connectivity index (χ1) is 22.3. The molecule has 1 spiro atoms. The van der Waals surface area contributed by atoms with E-state index in [0.717, 1.165) is 21.7 Å². The molecule has 2 aliphatic heterocycles. The van der Waals surface area contributed by atoms with Crippen LogP contribution >= 0.6 is 11.6 Å². The number of fused-ring (bicyclic) bond motifs is 13.